The summed E-state index contributed by atoms with van der Waals surface area (Å²) in [6.45, 7) is 1.55. The number of benzene rings is 1. The Balaban J connectivity index is 1.76. The zero-order valence-corrected chi connectivity index (χ0v) is 12.9. The Morgan fingerprint density at radius 2 is 2.09 bits per heavy atom. The predicted octanol–water partition coefficient (Wildman–Crippen LogP) is 0.173. The second-order valence-electron chi connectivity index (χ2n) is 5.83. The van der Waals surface area contributed by atoms with Crippen LogP contribution >= 0.6 is 0 Å². The van der Waals surface area contributed by atoms with E-state index in [4.69, 9.17) is 5.73 Å². The van der Waals surface area contributed by atoms with E-state index in [-0.39, 0.29) is 30.8 Å². The van der Waals surface area contributed by atoms with Gasteiger partial charge in [-0.15, -0.1) is 0 Å². The monoisotopic (exact) mass is 323 g/mol. The van der Waals surface area contributed by atoms with E-state index >= 15 is 0 Å². The smallest absolute Gasteiger partial charge is 0.231 e. The van der Waals surface area contributed by atoms with E-state index in [0.717, 1.165) is 0 Å². The molecule has 1 aliphatic heterocycles. The minimum Gasteiger partial charge on any atom is -0.387 e. The van der Waals surface area contributed by atoms with Crippen LogP contribution in [0.3, 0.4) is 0 Å². The third-order valence-corrected chi connectivity index (χ3v) is 4.04. The maximum atomic E-state index is 13.1. The molecule has 1 heterocycles. The lowest BCUT2D eigenvalue weighted by atomic mass is 9.95. The summed E-state index contributed by atoms with van der Waals surface area (Å²) in [5, 5.41) is 12.7. The molecule has 1 aromatic carbocycles. The molecule has 126 valence electrons. The summed E-state index contributed by atoms with van der Waals surface area (Å²) in [6.07, 6.45) is 0.356. The van der Waals surface area contributed by atoms with Gasteiger partial charge in [-0.3, -0.25) is 14.5 Å². The van der Waals surface area contributed by atoms with Gasteiger partial charge in [0.1, 0.15) is 5.82 Å². The number of aliphatic hydroxyl groups excluding tert-OH is 1. The molecule has 0 bridgehead atoms. The Morgan fingerprint density at radius 1 is 1.39 bits per heavy atom. The lowest BCUT2D eigenvalue weighted by Gasteiger charge is -2.30. The normalized spacial score (nSPS) is 17.7. The summed E-state index contributed by atoms with van der Waals surface area (Å²) in [4.78, 5) is 24.9. The Kier molecular flexibility index (Phi) is 6.06. The molecule has 0 radical (unpaired) electrons. The van der Waals surface area contributed by atoms with Crippen LogP contribution in [0, 0.1) is 11.7 Å². The summed E-state index contributed by atoms with van der Waals surface area (Å²) < 4.78 is 13.1. The quantitative estimate of drug-likeness (QED) is 0.695. The summed E-state index contributed by atoms with van der Waals surface area (Å²) in [5.41, 5.74) is 5.58. The lowest BCUT2D eigenvalue weighted by Crippen LogP contribution is -2.44. The molecule has 4 N–H and O–H groups in total. The molecule has 0 aromatic heterocycles. The number of piperidine rings is 1. The fourth-order valence-corrected chi connectivity index (χ4v) is 2.75. The van der Waals surface area contributed by atoms with Gasteiger partial charge >= 0.3 is 0 Å². The molecule has 0 aliphatic carbocycles. The number of carbonyl (C=O) groups excluding carboxylic acids is 2. The number of rotatable bonds is 6. The van der Waals surface area contributed by atoms with Crippen molar-refractivity contribution < 1.29 is 19.1 Å². The van der Waals surface area contributed by atoms with Crippen LogP contribution in [0.1, 0.15) is 24.5 Å². The molecule has 1 aliphatic rings. The number of nitrogens with one attached hydrogen (secondary N) is 1. The van der Waals surface area contributed by atoms with Gasteiger partial charge in [-0.05, 0) is 43.6 Å². The second kappa shape index (κ2) is 8.03. The van der Waals surface area contributed by atoms with Crippen LogP contribution in [0.2, 0.25) is 0 Å². The highest BCUT2D eigenvalue weighted by Gasteiger charge is 2.25. The third kappa shape index (κ3) is 5.30. The molecular formula is C16H22FN3O3. The topological polar surface area (TPSA) is 95.7 Å². The lowest BCUT2D eigenvalue weighted by molar-refractivity contribution is -0.127. The standard InChI is InChI=1S/C16H22FN3O3/c17-13-3-1-2-12(8-13)14(21)9-19-16(23)11-4-6-20(7-5-11)10-15(18)22/h1-3,8,11,14,21H,4-7,9-10H2,(H2,18,22)(H,19,23)/t14-/m0/s1. The summed E-state index contributed by atoms with van der Waals surface area (Å²) >= 11 is 0. The number of halogens is 1. The Morgan fingerprint density at radius 3 is 2.70 bits per heavy atom. The van der Waals surface area contributed by atoms with Gasteiger partial charge in [-0.25, -0.2) is 4.39 Å². The van der Waals surface area contributed by atoms with Crippen molar-refractivity contribution in [1.82, 2.24) is 10.2 Å². The number of carbonyl (C=O) groups is 2. The Labute approximate surface area is 134 Å². The zero-order chi connectivity index (χ0) is 16.8. The van der Waals surface area contributed by atoms with Gasteiger partial charge in [-0.2, -0.15) is 0 Å². The summed E-state index contributed by atoms with van der Waals surface area (Å²) in [7, 11) is 0. The predicted molar refractivity (Wildman–Crippen MR) is 82.7 cm³/mol. The molecule has 7 heteroatoms. The minimum absolute atomic E-state index is 0.0454. The molecule has 0 spiro atoms. The number of aliphatic hydroxyl groups is 1. The van der Waals surface area contributed by atoms with Crippen molar-refractivity contribution in [3.05, 3.63) is 35.6 Å². The van der Waals surface area contributed by atoms with E-state index in [0.29, 0.717) is 31.5 Å². The number of primary amides is 1. The van der Waals surface area contributed by atoms with E-state index < -0.39 is 11.9 Å². The maximum absolute atomic E-state index is 13.1. The highest BCUT2D eigenvalue weighted by Crippen LogP contribution is 2.18. The first-order valence-electron chi connectivity index (χ1n) is 7.67. The highest BCUT2D eigenvalue weighted by molar-refractivity contribution is 5.79. The van der Waals surface area contributed by atoms with Crippen molar-refractivity contribution in [1.29, 1.82) is 0 Å². The van der Waals surface area contributed by atoms with Crippen LogP contribution in [-0.2, 0) is 9.59 Å². The van der Waals surface area contributed by atoms with Gasteiger partial charge in [0.25, 0.3) is 0 Å². The second-order valence-corrected chi connectivity index (χ2v) is 5.83. The Hall–Kier alpha value is -1.99. The minimum atomic E-state index is -0.940. The number of amides is 2. The van der Waals surface area contributed by atoms with Gasteiger partial charge in [0, 0.05) is 12.5 Å². The third-order valence-electron chi connectivity index (χ3n) is 4.04. The number of hydrogen-bond acceptors (Lipinski definition) is 4. The van der Waals surface area contributed by atoms with Crippen LogP contribution < -0.4 is 11.1 Å². The average Bonchev–Trinajstić information content (AvgIpc) is 2.52. The fraction of sp³-hybridized carbons (Fsp3) is 0.500. The number of likely N-dealkylation sites (tertiary alicyclic amines) is 1. The summed E-state index contributed by atoms with van der Waals surface area (Å²) in [5.74, 6) is -1.06. The SMILES string of the molecule is NC(=O)CN1CCC(C(=O)NC[C@H](O)c2cccc(F)c2)CC1. The highest BCUT2D eigenvalue weighted by atomic mass is 19.1. The molecule has 1 fully saturated rings. The van der Waals surface area contributed by atoms with Crippen molar-refractivity contribution >= 4 is 11.8 Å². The van der Waals surface area contributed by atoms with E-state index in [2.05, 4.69) is 5.32 Å². The van der Waals surface area contributed by atoms with Crippen molar-refractivity contribution in [2.24, 2.45) is 11.7 Å². The molecule has 0 unspecified atom stereocenters. The molecule has 1 aromatic rings. The molecule has 2 rings (SSSR count). The maximum Gasteiger partial charge on any atom is 0.231 e. The van der Waals surface area contributed by atoms with Crippen LogP contribution in [0.5, 0.6) is 0 Å². The number of nitrogens with zero attached hydrogens (tertiary/aromatic N) is 1. The van der Waals surface area contributed by atoms with Gasteiger partial charge in [0.15, 0.2) is 0 Å². The van der Waals surface area contributed by atoms with E-state index in [9.17, 15) is 19.1 Å². The number of hydrogen-bond donors (Lipinski definition) is 3. The largest absolute Gasteiger partial charge is 0.387 e. The first-order valence-corrected chi connectivity index (χ1v) is 7.67. The van der Waals surface area contributed by atoms with Crippen LogP contribution in [0.25, 0.3) is 0 Å². The van der Waals surface area contributed by atoms with Crippen molar-refractivity contribution in [3.63, 3.8) is 0 Å². The van der Waals surface area contributed by atoms with E-state index in [1.807, 2.05) is 4.90 Å². The van der Waals surface area contributed by atoms with E-state index in [1.165, 1.54) is 18.2 Å². The van der Waals surface area contributed by atoms with Gasteiger partial charge < -0.3 is 16.2 Å². The fourth-order valence-electron chi connectivity index (χ4n) is 2.75. The first kappa shape index (κ1) is 17.4. The molecule has 0 saturated carbocycles. The average molecular weight is 323 g/mol. The van der Waals surface area contributed by atoms with E-state index in [1.54, 1.807) is 6.07 Å². The molecule has 1 atom stereocenters. The first-order chi connectivity index (χ1) is 11.0. The van der Waals surface area contributed by atoms with Crippen molar-refractivity contribution in [2.45, 2.75) is 18.9 Å². The van der Waals surface area contributed by atoms with Crippen molar-refractivity contribution in [2.75, 3.05) is 26.2 Å². The summed E-state index contributed by atoms with van der Waals surface area (Å²) in [6, 6.07) is 5.68. The van der Waals surface area contributed by atoms with Gasteiger partial charge in [-0.1, -0.05) is 12.1 Å². The van der Waals surface area contributed by atoms with Gasteiger partial charge in [0.05, 0.1) is 12.6 Å². The van der Waals surface area contributed by atoms with Gasteiger partial charge in [0.2, 0.25) is 11.8 Å². The zero-order valence-electron chi connectivity index (χ0n) is 12.9. The van der Waals surface area contributed by atoms with Crippen LogP contribution in [-0.4, -0.2) is 48.0 Å². The molecule has 1 saturated heterocycles. The Bertz CT molecular complexity index is 559. The number of nitrogens with two attached hydrogens (primary N) is 1. The van der Waals surface area contributed by atoms with Crippen LogP contribution in [0.15, 0.2) is 24.3 Å². The molecular weight excluding hydrogens is 301 g/mol. The molecule has 6 nitrogen and oxygen atoms in total. The molecule has 2 amide bonds. The molecule has 23 heavy (non-hydrogen) atoms. The van der Waals surface area contributed by atoms with Crippen LogP contribution in [0.4, 0.5) is 4.39 Å². The van der Waals surface area contributed by atoms with Crippen molar-refractivity contribution in [3.8, 4) is 0 Å².